The van der Waals surface area contributed by atoms with E-state index in [4.69, 9.17) is 33.2 Å². The smallest absolute Gasteiger partial charge is 0.412 e. The summed E-state index contributed by atoms with van der Waals surface area (Å²) in [6, 6.07) is -4.77. The highest BCUT2D eigenvalue weighted by atomic mass is 16.7. The maximum atomic E-state index is 14.1. The number of aliphatic hydroxyl groups excluding tert-OH is 2. The SMILES string of the molecule is C=C(C)OC(=O)N[C@@H]1CC=C(CNC)O[C@@H]1C1[C@@H](NC(=O)OC(C)(C)C)C[C@@H](NC(=O)C2(O)CN(C(=O)OC(C)(C)C)C2)[C@H](O[C@H]2OC[C@](C)(O)[C@H](N(C)C(=O)OC(C)(C)C)[C@H]2O)[C@H]1O. The Morgan fingerprint density at radius 3 is 2.02 bits per heavy atom. The van der Waals surface area contributed by atoms with Gasteiger partial charge in [0.25, 0.3) is 5.91 Å². The Morgan fingerprint density at radius 1 is 0.877 bits per heavy atom. The molecule has 4 aliphatic rings. The first kappa shape index (κ1) is 53.2. The third kappa shape index (κ3) is 14.0. The van der Waals surface area contributed by atoms with Crippen LogP contribution in [0.4, 0.5) is 19.2 Å². The van der Waals surface area contributed by atoms with Gasteiger partial charge in [-0.05, 0) is 102 Å². The number of aliphatic hydroxyl groups is 4. The number of β-amino-alcohol motifs (C(OH)–C–C–N with tert-alkyl or cyclic N) is 1. The molecule has 0 radical (unpaired) electrons. The number of hydrogen-bond donors (Lipinski definition) is 8. The molecule has 3 heterocycles. The van der Waals surface area contributed by atoms with Gasteiger partial charge in [-0.3, -0.25) is 4.79 Å². The van der Waals surface area contributed by atoms with Crippen LogP contribution in [0.15, 0.2) is 24.2 Å². The Balaban J connectivity index is 1.80. The molecule has 11 atom stereocenters. The molecule has 0 bridgehead atoms. The predicted molar refractivity (Wildman–Crippen MR) is 231 cm³/mol. The Labute approximate surface area is 380 Å². The van der Waals surface area contributed by atoms with Crippen molar-refractivity contribution in [2.45, 2.75) is 172 Å². The average molecular weight is 929 g/mol. The third-order valence-corrected chi connectivity index (χ3v) is 10.9. The number of carbonyl (C=O) groups is 5. The van der Waals surface area contributed by atoms with Gasteiger partial charge in [-0.1, -0.05) is 6.58 Å². The molecule has 0 spiro atoms. The number of likely N-dealkylation sites (N-methyl/N-ethyl adjacent to an activating group) is 2. The van der Waals surface area contributed by atoms with Gasteiger partial charge in [0.05, 0.1) is 56.2 Å². The number of alkyl carbamates (subject to hydrolysis) is 2. The van der Waals surface area contributed by atoms with E-state index in [-0.39, 0.29) is 25.1 Å². The summed E-state index contributed by atoms with van der Waals surface area (Å²) in [6.45, 7) is 20.2. The predicted octanol–water partition coefficient (Wildman–Crippen LogP) is 1.34. The van der Waals surface area contributed by atoms with Crippen LogP contribution in [0.5, 0.6) is 0 Å². The minimum Gasteiger partial charge on any atom is -0.491 e. The number of amides is 5. The second-order valence-corrected chi connectivity index (χ2v) is 20.5. The molecule has 370 valence electrons. The van der Waals surface area contributed by atoms with Gasteiger partial charge in [-0.25, -0.2) is 19.2 Å². The van der Waals surface area contributed by atoms with Crippen molar-refractivity contribution in [3.8, 4) is 0 Å². The maximum absolute atomic E-state index is 14.1. The number of likely N-dealkylation sites (tertiary alicyclic amines) is 1. The molecule has 22 nitrogen and oxygen atoms in total. The molecule has 4 rings (SSSR count). The minimum absolute atomic E-state index is 0.0966. The van der Waals surface area contributed by atoms with E-state index in [1.54, 1.807) is 75.4 Å². The van der Waals surface area contributed by atoms with E-state index in [0.29, 0.717) is 5.76 Å². The Hall–Kier alpha value is -4.45. The van der Waals surface area contributed by atoms with Crippen molar-refractivity contribution in [3.05, 3.63) is 24.2 Å². The highest BCUT2D eigenvalue weighted by molar-refractivity contribution is 5.89. The molecule has 0 aromatic heterocycles. The Bertz CT molecular complexity index is 1780. The number of allylic oxidation sites excluding steroid dienone is 1. The highest BCUT2D eigenvalue weighted by Crippen LogP contribution is 2.39. The average Bonchev–Trinajstić information content (AvgIpc) is 3.10. The normalized spacial score (nSPS) is 31.4. The first-order valence-electron chi connectivity index (χ1n) is 21.7. The van der Waals surface area contributed by atoms with Crippen LogP contribution in [0.2, 0.25) is 0 Å². The molecular weight excluding hydrogens is 856 g/mol. The fourth-order valence-corrected chi connectivity index (χ4v) is 8.23. The van der Waals surface area contributed by atoms with Gasteiger partial charge < -0.3 is 84.7 Å². The largest absolute Gasteiger partial charge is 0.491 e. The molecule has 3 fully saturated rings. The summed E-state index contributed by atoms with van der Waals surface area (Å²) in [5.74, 6) is -1.65. The van der Waals surface area contributed by atoms with Gasteiger partial charge >= 0.3 is 24.4 Å². The summed E-state index contributed by atoms with van der Waals surface area (Å²) in [5, 5.41) is 58.9. The summed E-state index contributed by atoms with van der Waals surface area (Å²) in [6.07, 6.45) is -9.76. The van der Waals surface area contributed by atoms with Crippen LogP contribution >= 0.6 is 0 Å². The third-order valence-electron chi connectivity index (χ3n) is 10.9. The first-order valence-corrected chi connectivity index (χ1v) is 21.7. The summed E-state index contributed by atoms with van der Waals surface area (Å²) in [4.78, 5) is 69.0. The molecule has 8 N–H and O–H groups in total. The van der Waals surface area contributed by atoms with Gasteiger partial charge in [0.1, 0.15) is 46.5 Å². The van der Waals surface area contributed by atoms with Crippen LogP contribution < -0.4 is 21.3 Å². The quantitative estimate of drug-likeness (QED) is 0.107. The minimum atomic E-state index is -2.13. The number of carbonyl (C=O) groups excluding carboxylic acids is 5. The maximum Gasteiger partial charge on any atom is 0.412 e. The van der Waals surface area contributed by atoms with Crippen molar-refractivity contribution in [3.63, 3.8) is 0 Å². The van der Waals surface area contributed by atoms with Crippen molar-refractivity contribution in [1.82, 2.24) is 31.1 Å². The van der Waals surface area contributed by atoms with E-state index in [1.165, 1.54) is 20.9 Å². The lowest BCUT2D eigenvalue weighted by Gasteiger charge is -2.52. The van der Waals surface area contributed by atoms with Crippen LogP contribution in [0.1, 0.15) is 89.0 Å². The van der Waals surface area contributed by atoms with E-state index < -0.39 is 139 Å². The summed E-state index contributed by atoms with van der Waals surface area (Å²) < 4.78 is 40.6. The number of nitrogens with one attached hydrogen (secondary N) is 4. The summed E-state index contributed by atoms with van der Waals surface area (Å²) in [5.41, 5.74) is -6.75. The van der Waals surface area contributed by atoms with Crippen molar-refractivity contribution in [1.29, 1.82) is 0 Å². The molecule has 0 aromatic rings. The van der Waals surface area contributed by atoms with Crippen molar-refractivity contribution in [2.24, 2.45) is 5.92 Å². The first-order chi connectivity index (χ1) is 29.7. The molecule has 0 aromatic carbocycles. The Kier molecular flexibility index (Phi) is 16.5. The van der Waals surface area contributed by atoms with Gasteiger partial charge in [0, 0.05) is 19.0 Å². The lowest BCUT2D eigenvalue weighted by molar-refractivity contribution is -0.306. The van der Waals surface area contributed by atoms with E-state index in [0.717, 1.165) is 9.80 Å². The second kappa shape index (κ2) is 20.2. The van der Waals surface area contributed by atoms with Crippen LogP contribution in [-0.4, -0.2) is 184 Å². The monoisotopic (exact) mass is 929 g/mol. The van der Waals surface area contributed by atoms with Crippen LogP contribution in [-0.2, 0) is 38.0 Å². The molecule has 5 amide bonds. The number of rotatable bonds is 11. The van der Waals surface area contributed by atoms with Crippen LogP contribution in [0.25, 0.3) is 0 Å². The van der Waals surface area contributed by atoms with Crippen molar-refractivity contribution in [2.75, 3.05) is 40.3 Å². The zero-order chi connectivity index (χ0) is 49.2. The lowest BCUT2D eigenvalue weighted by atomic mass is 9.72. The zero-order valence-corrected chi connectivity index (χ0v) is 39.9. The number of nitrogens with zero attached hydrogens (tertiary/aromatic N) is 2. The molecule has 1 aliphatic carbocycles. The molecule has 65 heavy (non-hydrogen) atoms. The zero-order valence-electron chi connectivity index (χ0n) is 39.9. The molecule has 2 saturated heterocycles. The number of hydrogen-bond acceptors (Lipinski definition) is 17. The van der Waals surface area contributed by atoms with E-state index in [1.807, 2.05) is 0 Å². The lowest BCUT2D eigenvalue weighted by Crippen LogP contribution is -2.74. The highest BCUT2D eigenvalue weighted by Gasteiger charge is 2.58. The molecular formula is C43H72N6O16. The molecule has 3 aliphatic heterocycles. The second-order valence-electron chi connectivity index (χ2n) is 20.5. The van der Waals surface area contributed by atoms with Gasteiger partial charge in [0.2, 0.25) is 0 Å². The van der Waals surface area contributed by atoms with Crippen LogP contribution in [0.3, 0.4) is 0 Å². The van der Waals surface area contributed by atoms with Crippen molar-refractivity contribution < 1.29 is 77.6 Å². The van der Waals surface area contributed by atoms with E-state index >= 15 is 0 Å². The van der Waals surface area contributed by atoms with Gasteiger partial charge in [-0.2, -0.15) is 0 Å². The fraction of sp³-hybridized carbons (Fsp3) is 0.791. The Morgan fingerprint density at radius 2 is 1.46 bits per heavy atom. The summed E-state index contributed by atoms with van der Waals surface area (Å²) in [7, 11) is 3.01. The van der Waals surface area contributed by atoms with Gasteiger partial charge in [-0.15, -0.1) is 0 Å². The van der Waals surface area contributed by atoms with Crippen LogP contribution in [0, 0.1) is 5.92 Å². The molecule has 1 saturated carbocycles. The van der Waals surface area contributed by atoms with E-state index in [9.17, 15) is 44.4 Å². The molecule has 1 unspecified atom stereocenters. The van der Waals surface area contributed by atoms with Gasteiger partial charge in [0.15, 0.2) is 11.9 Å². The van der Waals surface area contributed by atoms with Crippen molar-refractivity contribution >= 4 is 30.3 Å². The number of ether oxygens (including phenoxy) is 7. The molecule has 22 heteroatoms. The summed E-state index contributed by atoms with van der Waals surface area (Å²) >= 11 is 0. The fourth-order valence-electron chi connectivity index (χ4n) is 8.23. The van der Waals surface area contributed by atoms with E-state index in [2.05, 4.69) is 27.8 Å². The standard InChI is InChI=1S/C43H72N6O16/c1-22(2)60-35(53)46-24-16-15-23(18-44-13)61-30(24)27-25(47-36(54)63-39(3,4)5)17-26(45-34(52)43(58)19-49(20-43)38(56)65-41(9,10)11)31(28(27)50)62-33-29(51)32(42(12,57)21-59-33)48(14)37(55)64-40(6,7)8/h15,24-33,44,50-51,57-58H,1,16-21H2,2-14H3,(H,45,52)(H,46,53)(H,47,54)/t24-,25+,26-,27?,28+,29-,30+,31+,32-,33-,42+/m1/s1. The topological polar surface area (TPSA) is 285 Å².